The summed E-state index contributed by atoms with van der Waals surface area (Å²) in [5.41, 5.74) is 1.76. The molecule has 0 heterocycles. The van der Waals surface area contributed by atoms with Crippen LogP contribution in [0.1, 0.15) is 5.56 Å². The quantitative estimate of drug-likeness (QED) is 0.508. The van der Waals surface area contributed by atoms with Gasteiger partial charge in [0.2, 0.25) is 0 Å². The number of ether oxygens (including phenoxy) is 2. The molecule has 0 amide bonds. The van der Waals surface area contributed by atoms with Crippen LogP contribution in [0, 0.1) is 12.3 Å². The van der Waals surface area contributed by atoms with E-state index in [9.17, 15) is 0 Å². The summed E-state index contributed by atoms with van der Waals surface area (Å²) in [5.74, 6) is 4.03. The lowest BCUT2D eigenvalue weighted by atomic mass is 10.0. The summed E-state index contributed by atoms with van der Waals surface area (Å²) in [4.78, 5) is 4.56. The molecule has 0 fully saturated rings. The SMILES string of the molecule is C#CCOc1ccc2ccccc2c1C=Nc1ccc(OC)cc1. The number of fused-ring (bicyclic) bond motifs is 1. The van der Waals surface area contributed by atoms with Crippen LogP contribution in [0.4, 0.5) is 5.69 Å². The normalized spacial score (nSPS) is 10.7. The number of methoxy groups -OCH3 is 1. The zero-order valence-electron chi connectivity index (χ0n) is 13.4. The van der Waals surface area contributed by atoms with Crippen molar-refractivity contribution < 1.29 is 9.47 Å². The number of nitrogens with zero attached hydrogens (tertiary/aromatic N) is 1. The van der Waals surface area contributed by atoms with Crippen LogP contribution in [0.2, 0.25) is 0 Å². The molecule has 0 aliphatic heterocycles. The zero-order chi connectivity index (χ0) is 16.8. The molecule has 3 heteroatoms. The van der Waals surface area contributed by atoms with Crippen molar-refractivity contribution in [3.05, 3.63) is 66.2 Å². The maximum Gasteiger partial charge on any atom is 0.148 e. The predicted octanol–water partition coefficient (Wildman–Crippen LogP) is 4.61. The second kappa shape index (κ2) is 7.34. The van der Waals surface area contributed by atoms with Gasteiger partial charge >= 0.3 is 0 Å². The molecule has 0 aromatic heterocycles. The standard InChI is InChI=1S/C21H17NO2/c1-3-14-24-21-13-8-16-6-4-5-7-19(16)20(21)15-22-17-9-11-18(23-2)12-10-17/h1,4-13,15H,14H2,2H3. The summed E-state index contributed by atoms with van der Waals surface area (Å²) in [6, 6.07) is 19.6. The molecular weight excluding hydrogens is 298 g/mol. The van der Waals surface area contributed by atoms with E-state index in [-0.39, 0.29) is 6.61 Å². The first-order valence-electron chi connectivity index (χ1n) is 7.58. The van der Waals surface area contributed by atoms with E-state index >= 15 is 0 Å². The number of terminal acetylenes is 1. The molecule has 0 N–H and O–H groups in total. The van der Waals surface area contributed by atoms with Crippen molar-refractivity contribution in [2.75, 3.05) is 13.7 Å². The van der Waals surface area contributed by atoms with Gasteiger partial charge in [-0.2, -0.15) is 0 Å². The second-order valence-corrected chi connectivity index (χ2v) is 5.15. The minimum atomic E-state index is 0.224. The third-order valence-electron chi connectivity index (χ3n) is 3.66. The Kier molecular flexibility index (Phi) is 4.78. The fourth-order valence-electron chi connectivity index (χ4n) is 2.46. The minimum Gasteiger partial charge on any atom is -0.497 e. The molecule has 0 atom stereocenters. The van der Waals surface area contributed by atoms with Gasteiger partial charge in [-0.25, -0.2) is 0 Å². The summed E-state index contributed by atoms with van der Waals surface area (Å²) in [6.45, 7) is 0.224. The first kappa shape index (κ1) is 15.6. The lowest BCUT2D eigenvalue weighted by molar-refractivity contribution is 0.370. The highest BCUT2D eigenvalue weighted by molar-refractivity contribution is 6.03. The first-order chi connectivity index (χ1) is 11.8. The van der Waals surface area contributed by atoms with E-state index in [2.05, 4.69) is 17.0 Å². The van der Waals surface area contributed by atoms with Gasteiger partial charge in [-0.3, -0.25) is 4.99 Å². The average Bonchev–Trinajstić information content (AvgIpc) is 2.65. The lowest BCUT2D eigenvalue weighted by Crippen LogP contribution is -1.98. The van der Waals surface area contributed by atoms with Crippen LogP contribution in [0.3, 0.4) is 0 Å². The lowest BCUT2D eigenvalue weighted by Gasteiger charge is -2.10. The van der Waals surface area contributed by atoms with E-state index < -0.39 is 0 Å². The summed E-state index contributed by atoms with van der Waals surface area (Å²) in [7, 11) is 1.64. The van der Waals surface area contributed by atoms with E-state index in [1.165, 1.54) is 0 Å². The Hall–Kier alpha value is -3.25. The van der Waals surface area contributed by atoms with Gasteiger partial charge in [0.1, 0.15) is 18.1 Å². The largest absolute Gasteiger partial charge is 0.497 e. The molecule has 0 aliphatic rings. The molecule has 0 aliphatic carbocycles. The highest BCUT2D eigenvalue weighted by Crippen LogP contribution is 2.27. The molecule has 3 nitrogen and oxygen atoms in total. The molecule has 0 unspecified atom stereocenters. The van der Waals surface area contributed by atoms with Crippen LogP contribution in [-0.4, -0.2) is 19.9 Å². The molecular formula is C21H17NO2. The van der Waals surface area contributed by atoms with Crippen LogP contribution in [0.15, 0.2) is 65.7 Å². The van der Waals surface area contributed by atoms with Gasteiger partial charge < -0.3 is 9.47 Å². The van der Waals surface area contributed by atoms with Gasteiger partial charge in [0.25, 0.3) is 0 Å². The van der Waals surface area contributed by atoms with Gasteiger partial charge in [-0.1, -0.05) is 36.3 Å². The Balaban J connectivity index is 2.01. The number of aliphatic imine (C=N–C) groups is 1. The van der Waals surface area contributed by atoms with Crippen molar-refractivity contribution >= 4 is 22.7 Å². The average molecular weight is 315 g/mol. The maximum atomic E-state index is 5.67. The van der Waals surface area contributed by atoms with E-state index in [1.54, 1.807) is 7.11 Å². The number of benzene rings is 3. The van der Waals surface area contributed by atoms with Crippen molar-refractivity contribution in [3.8, 4) is 23.8 Å². The third kappa shape index (κ3) is 3.39. The fraction of sp³-hybridized carbons (Fsp3) is 0.0952. The fourth-order valence-corrected chi connectivity index (χ4v) is 2.46. The maximum absolute atomic E-state index is 5.67. The second-order valence-electron chi connectivity index (χ2n) is 5.15. The Morgan fingerprint density at radius 2 is 1.83 bits per heavy atom. The number of hydrogen-bond acceptors (Lipinski definition) is 3. The topological polar surface area (TPSA) is 30.8 Å². The molecule has 0 saturated heterocycles. The smallest absolute Gasteiger partial charge is 0.148 e. The van der Waals surface area contributed by atoms with E-state index in [0.717, 1.165) is 33.5 Å². The molecule has 0 saturated carbocycles. The van der Waals surface area contributed by atoms with E-state index in [4.69, 9.17) is 15.9 Å². The Bertz CT molecular complexity index is 905. The van der Waals surface area contributed by atoms with Crippen LogP contribution < -0.4 is 9.47 Å². The Morgan fingerprint density at radius 3 is 2.58 bits per heavy atom. The van der Waals surface area contributed by atoms with Gasteiger partial charge in [-0.05, 0) is 41.1 Å². The molecule has 3 aromatic carbocycles. The Labute approximate surface area is 141 Å². The van der Waals surface area contributed by atoms with Crippen molar-refractivity contribution in [2.45, 2.75) is 0 Å². The first-order valence-corrected chi connectivity index (χ1v) is 7.58. The van der Waals surface area contributed by atoms with E-state index in [1.807, 2.05) is 60.8 Å². The monoisotopic (exact) mass is 315 g/mol. The van der Waals surface area contributed by atoms with Gasteiger partial charge in [0.05, 0.1) is 12.8 Å². The van der Waals surface area contributed by atoms with Crippen molar-refractivity contribution in [2.24, 2.45) is 4.99 Å². The third-order valence-corrected chi connectivity index (χ3v) is 3.66. The van der Waals surface area contributed by atoms with Crippen LogP contribution in [0.5, 0.6) is 11.5 Å². The number of rotatable bonds is 5. The van der Waals surface area contributed by atoms with Gasteiger partial charge in [-0.15, -0.1) is 6.42 Å². The molecule has 3 aromatic rings. The van der Waals surface area contributed by atoms with Crippen LogP contribution >= 0.6 is 0 Å². The summed E-state index contributed by atoms with van der Waals surface area (Å²) >= 11 is 0. The Morgan fingerprint density at radius 1 is 1.04 bits per heavy atom. The molecule has 3 rings (SSSR count). The van der Waals surface area contributed by atoms with Crippen molar-refractivity contribution in [1.82, 2.24) is 0 Å². The highest BCUT2D eigenvalue weighted by atomic mass is 16.5. The van der Waals surface area contributed by atoms with Crippen molar-refractivity contribution in [3.63, 3.8) is 0 Å². The molecule has 0 bridgehead atoms. The molecule has 118 valence electrons. The molecule has 24 heavy (non-hydrogen) atoms. The minimum absolute atomic E-state index is 0.224. The van der Waals surface area contributed by atoms with Gasteiger partial charge in [0, 0.05) is 11.8 Å². The molecule has 0 radical (unpaired) electrons. The van der Waals surface area contributed by atoms with Gasteiger partial charge in [0.15, 0.2) is 0 Å². The van der Waals surface area contributed by atoms with Crippen LogP contribution in [-0.2, 0) is 0 Å². The van der Waals surface area contributed by atoms with E-state index in [0.29, 0.717) is 0 Å². The molecule has 0 spiro atoms. The zero-order valence-corrected chi connectivity index (χ0v) is 13.4. The summed E-state index contributed by atoms with van der Waals surface area (Å²) in [5, 5.41) is 2.20. The van der Waals surface area contributed by atoms with Crippen molar-refractivity contribution in [1.29, 1.82) is 0 Å². The number of hydrogen-bond donors (Lipinski definition) is 0. The highest BCUT2D eigenvalue weighted by Gasteiger charge is 2.06. The predicted molar refractivity (Wildman–Crippen MR) is 98.5 cm³/mol. The summed E-state index contributed by atoms with van der Waals surface area (Å²) < 4.78 is 10.8. The van der Waals surface area contributed by atoms with Crippen LogP contribution in [0.25, 0.3) is 10.8 Å². The summed E-state index contributed by atoms with van der Waals surface area (Å²) in [6.07, 6.45) is 7.13.